The molecular weight excluding hydrogens is 110 g/mol. The molecule has 0 aromatic carbocycles. The third-order valence-electron chi connectivity index (χ3n) is 1.45. The van der Waals surface area contributed by atoms with Crippen molar-refractivity contribution < 1.29 is 0 Å². The average Bonchev–Trinajstić information content (AvgIpc) is 1.83. The molecule has 0 saturated carbocycles. The van der Waals surface area contributed by atoms with Crippen LogP contribution in [0.25, 0.3) is 0 Å². The SMILES string of the molecule is C=C(CC)CC[C@@H](C)N. The van der Waals surface area contributed by atoms with Gasteiger partial charge < -0.3 is 5.73 Å². The lowest BCUT2D eigenvalue weighted by atomic mass is 10.1. The number of rotatable bonds is 4. The highest BCUT2D eigenvalue weighted by Gasteiger charge is 1.94. The Labute approximate surface area is 57.9 Å². The summed E-state index contributed by atoms with van der Waals surface area (Å²) < 4.78 is 0. The highest BCUT2D eigenvalue weighted by molar-refractivity contribution is 4.92. The Morgan fingerprint density at radius 2 is 2.22 bits per heavy atom. The minimum Gasteiger partial charge on any atom is -0.328 e. The highest BCUT2D eigenvalue weighted by Crippen LogP contribution is 2.06. The highest BCUT2D eigenvalue weighted by atomic mass is 14.6. The molecule has 0 amide bonds. The summed E-state index contributed by atoms with van der Waals surface area (Å²) in [4.78, 5) is 0. The van der Waals surface area contributed by atoms with Gasteiger partial charge >= 0.3 is 0 Å². The Balaban J connectivity index is 3.17. The molecular formula is C8H17N. The molecule has 0 aromatic rings. The zero-order valence-corrected chi connectivity index (χ0v) is 6.48. The standard InChI is InChI=1S/C8H17N/c1-4-7(2)5-6-8(3)9/h8H,2,4-6,9H2,1,3H3/t8-/m1/s1. The molecule has 0 heterocycles. The van der Waals surface area contributed by atoms with Gasteiger partial charge in [0.05, 0.1) is 0 Å². The molecule has 0 unspecified atom stereocenters. The number of hydrogen-bond donors (Lipinski definition) is 1. The maximum absolute atomic E-state index is 5.55. The van der Waals surface area contributed by atoms with Crippen LogP contribution in [0.15, 0.2) is 12.2 Å². The smallest absolute Gasteiger partial charge is 0.00135 e. The van der Waals surface area contributed by atoms with Crippen LogP contribution in [0.2, 0.25) is 0 Å². The van der Waals surface area contributed by atoms with E-state index < -0.39 is 0 Å². The summed E-state index contributed by atoms with van der Waals surface area (Å²) in [6.07, 6.45) is 3.26. The van der Waals surface area contributed by atoms with E-state index in [1.807, 2.05) is 6.92 Å². The molecule has 0 spiro atoms. The first kappa shape index (κ1) is 8.70. The van der Waals surface area contributed by atoms with E-state index in [2.05, 4.69) is 13.5 Å². The normalized spacial score (nSPS) is 13.2. The van der Waals surface area contributed by atoms with Crippen LogP contribution < -0.4 is 5.73 Å². The predicted octanol–water partition coefficient (Wildman–Crippen LogP) is 2.08. The summed E-state index contributed by atoms with van der Waals surface area (Å²) >= 11 is 0. The van der Waals surface area contributed by atoms with Gasteiger partial charge in [-0.2, -0.15) is 0 Å². The van der Waals surface area contributed by atoms with E-state index in [-0.39, 0.29) is 0 Å². The van der Waals surface area contributed by atoms with Crippen LogP contribution in [0.1, 0.15) is 33.1 Å². The van der Waals surface area contributed by atoms with Crippen LogP contribution in [0.5, 0.6) is 0 Å². The first-order valence-corrected chi connectivity index (χ1v) is 3.59. The van der Waals surface area contributed by atoms with Gasteiger partial charge in [-0.15, -0.1) is 0 Å². The molecule has 0 aliphatic heterocycles. The van der Waals surface area contributed by atoms with Gasteiger partial charge in [-0.3, -0.25) is 0 Å². The maximum Gasteiger partial charge on any atom is 0.00135 e. The second kappa shape index (κ2) is 4.57. The Morgan fingerprint density at radius 1 is 1.67 bits per heavy atom. The van der Waals surface area contributed by atoms with Gasteiger partial charge in [0.2, 0.25) is 0 Å². The van der Waals surface area contributed by atoms with Gasteiger partial charge in [0.15, 0.2) is 0 Å². The van der Waals surface area contributed by atoms with Gasteiger partial charge in [0, 0.05) is 6.04 Å². The maximum atomic E-state index is 5.55. The van der Waals surface area contributed by atoms with Crippen molar-refractivity contribution in [1.82, 2.24) is 0 Å². The Kier molecular flexibility index (Phi) is 4.41. The molecule has 1 atom stereocenters. The van der Waals surface area contributed by atoms with Crippen LogP contribution in [0, 0.1) is 0 Å². The van der Waals surface area contributed by atoms with Crippen molar-refractivity contribution >= 4 is 0 Å². The Morgan fingerprint density at radius 3 is 2.56 bits per heavy atom. The summed E-state index contributed by atoms with van der Waals surface area (Å²) in [5.74, 6) is 0. The molecule has 0 radical (unpaired) electrons. The molecule has 2 N–H and O–H groups in total. The molecule has 1 nitrogen and oxygen atoms in total. The van der Waals surface area contributed by atoms with Gasteiger partial charge in [-0.1, -0.05) is 19.1 Å². The molecule has 54 valence electrons. The fourth-order valence-electron chi connectivity index (χ4n) is 0.609. The van der Waals surface area contributed by atoms with Crippen LogP contribution >= 0.6 is 0 Å². The second-order valence-corrected chi connectivity index (χ2v) is 2.62. The molecule has 0 bridgehead atoms. The van der Waals surface area contributed by atoms with E-state index >= 15 is 0 Å². The molecule has 0 aliphatic rings. The van der Waals surface area contributed by atoms with Crippen LogP contribution in [-0.2, 0) is 0 Å². The first-order chi connectivity index (χ1) is 4.16. The fraction of sp³-hybridized carbons (Fsp3) is 0.750. The van der Waals surface area contributed by atoms with Gasteiger partial charge in [0.1, 0.15) is 0 Å². The van der Waals surface area contributed by atoms with E-state index in [9.17, 15) is 0 Å². The fourth-order valence-corrected chi connectivity index (χ4v) is 0.609. The Bertz CT molecular complexity index is 84.6. The zero-order valence-electron chi connectivity index (χ0n) is 6.48. The van der Waals surface area contributed by atoms with Crippen molar-refractivity contribution in [3.05, 3.63) is 12.2 Å². The zero-order chi connectivity index (χ0) is 7.28. The van der Waals surface area contributed by atoms with Crippen molar-refractivity contribution in [3.8, 4) is 0 Å². The Hall–Kier alpha value is -0.300. The van der Waals surface area contributed by atoms with E-state index in [1.165, 1.54) is 5.57 Å². The number of nitrogens with two attached hydrogens (primary N) is 1. The molecule has 0 fully saturated rings. The lowest BCUT2D eigenvalue weighted by Crippen LogP contribution is -2.14. The van der Waals surface area contributed by atoms with Crippen LogP contribution in [0.3, 0.4) is 0 Å². The molecule has 0 saturated heterocycles. The van der Waals surface area contributed by atoms with Gasteiger partial charge in [-0.25, -0.2) is 0 Å². The number of hydrogen-bond acceptors (Lipinski definition) is 1. The minimum absolute atomic E-state index is 0.327. The summed E-state index contributed by atoms with van der Waals surface area (Å²) in [6, 6.07) is 0.327. The lowest BCUT2D eigenvalue weighted by molar-refractivity contribution is 0.656. The largest absolute Gasteiger partial charge is 0.328 e. The number of allylic oxidation sites excluding steroid dienone is 1. The lowest BCUT2D eigenvalue weighted by Gasteiger charge is -2.04. The van der Waals surface area contributed by atoms with Crippen molar-refractivity contribution in [3.63, 3.8) is 0 Å². The molecule has 1 heteroatoms. The van der Waals surface area contributed by atoms with Crippen molar-refractivity contribution in [2.45, 2.75) is 39.2 Å². The quantitative estimate of drug-likeness (QED) is 0.575. The molecule has 0 rings (SSSR count). The molecule has 0 aromatic heterocycles. The second-order valence-electron chi connectivity index (χ2n) is 2.62. The topological polar surface area (TPSA) is 26.0 Å². The predicted molar refractivity (Wildman–Crippen MR) is 42.3 cm³/mol. The van der Waals surface area contributed by atoms with Crippen molar-refractivity contribution in [2.24, 2.45) is 5.73 Å². The monoisotopic (exact) mass is 127 g/mol. The summed E-state index contributed by atoms with van der Waals surface area (Å²) in [5.41, 5.74) is 6.87. The third-order valence-corrected chi connectivity index (χ3v) is 1.45. The van der Waals surface area contributed by atoms with Crippen molar-refractivity contribution in [2.75, 3.05) is 0 Å². The molecule has 0 aliphatic carbocycles. The molecule has 9 heavy (non-hydrogen) atoms. The first-order valence-electron chi connectivity index (χ1n) is 3.59. The van der Waals surface area contributed by atoms with Crippen LogP contribution in [0.4, 0.5) is 0 Å². The van der Waals surface area contributed by atoms with Crippen molar-refractivity contribution in [1.29, 1.82) is 0 Å². The average molecular weight is 127 g/mol. The minimum atomic E-state index is 0.327. The van der Waals surface area contributed by atoms with Gasteiger partial charge in [0.25, 0.3) is 0 Å². The van der Waals surface area contributed by atoms with Gasteiger partial charge in [-0.05, 0) is 26.2 Å². The summed E-state index contributed by atoms with van der Waals surface area (Å²) in [5, 5.41) is 0. The summed E-state index contributed by atoms with van der Waals surface area (Å²) in [6.45, 7) is 8.05. The van der Waals surface area contributed by atoms with E-state index in [0.29, 0.717) is 6.04 Å². The van der Waals surface area contributed by atoms with Crippen LogP contribution in [-0.4, -0.2) is 6.04 Å². The summed E-state index contributed by atoms with van der Waals surface area (Å²) in [7, 11) is 0. The van der Waals surface area contributed by atoms with E-state index in [1.54, 1.807) is 0 Å². The third kappa shape index (κ3) is 5.57. The van der Waals surface area contributed by atoms with E-state index in [4.69, 9.17) is 5.73 Å². The van der Waals surface area contributed by atoms with E-state index in [0.717, 1.165) is 19.3 Å².